The molecule has 0 fully saturated rings. The molecule has 0 aliphatic carbocycles. The molecule has 2 aromatic rings. The van der Waals surface area contributed by atoms with Gasteiger partial charge in [-0.2, -0.15) is 5.26 Å². The van der Waals surface area contributed by atoms with Crippen molar-refractivity contribution in [3.63, 3.8) is 0 Å². The van der Waals surface area contributed by atoms with Crippen molar-refractivity contribution in [2.75, 3.05) is 0 Å². The van der Waals surface area contributed by atoms with Crippen LogP contribution in [0.4, 0.5) is 0 Å². The van der Waals surface area contributed by atoms with Crippen LogP contribution in [0.3, 0.4) is 0 Å². The summed E-state index contributed by atoms with van der Waals surface area (Å²) in [5.41, 5.74) is 1.44. The Morgan fingerprint density at radius 3 is 2.63 bits per heavy atom. The van der Waals surface area contributed by atoms with Gasteiger partial charge in [-0.1, -0.05) is 0 Å². The van der Waals surface area contributed by atoms with Crippen LogP contribution in [0.2, 0.25) is 0 Å². The number of aromatic carboxylic acids is 1. The van der Waals surface area contributed by atoms with Gasteiger partial charge in [-0.25, -0.2) is 4.79 Å². The van der Waals surface area contributed by atoms with Crippen molar-refractivity contribution in [2.24, 2.45) is 0 Å². The van der Waals surface area contributed by atoms with Crippen molar-refractivity contribution in [3.8, 4) is 11.8 Å². The van der Waals surface area contributed by atoms with Crippen molar-refractivity contribution in [1.29, 1.82) is 5.26 Å². The van der Waals surface area contributed by atoms with Crippen molar-refractivity contribution in [1.82, 2.24) is 0 Å². The lowest BCUT2D eigenvalue weighted by molar-refractivity contribution is 0.0702. The van der Waals surface area contributed by atoms with Gasteiger partial charge < -0.3 is 9.84 Å². The highest BCUT2D eigenvalue weighted by Gasteiger charge is 2.11. The van der Waals surface area contributed by atoms with Gasteiger partial charge in [0.15, 0.2) is 0 Å². The van der Waals surface area contributed by atoms with Gasteiger partial charge in [-0.15, -0.1) is 11.3 Å². The fraction of sp³-hybridized carbons (Fsp3) is 0.143. The summed E-state index contributed by atoms with van der Waals surface area (Å²) >= 11 is 1.24. The van der Waals surface area contributed by atoms with E-state index in [2.05, 4.69) is 0 Å². The van der Waals surface area contributed by atoms with E-state index >= 15 is 0 Å². The third-order valence-corrected chi connectivity index (χ3v) is 3.69. The third-order valence-electron chi connectivity index (χ3n) is 2.61. The number of nitriles is 1. The molecule has 4 nitrogen and oxygen atoms in total. The Morgan fingerprint density at radius 2 is 2.11 bits per heavy atom. The number of nitrogens with zero attached hydrogens (tertiary/aromatic N) is 1. The van der Waals surface area contributed by atoms with Crippen LogP contribution >= 0.6 is 11.3 Å². The minimum absolute atomic E-state index is 0.316. The maximum atomic E-state index is 10.9. The zero-order valence-corrected chi connectivity index (χ0v) is 11.0. The molecule has 96 valence electrons. The summed E-state index contributed by atoms with van der Waals surface area (Å²) in [7, 11) is 0. The molecule has 2 rings (SSSR count). The van der Waals surface area contributed by atoms with Crippen LogP contribution < -0.4 is 4.74 Å². The molecule has 0 radical (unpaired) electrons. The fourth-order valence-electron chi connectivity index (χ4n) is 1.56. The van der Waals surface area contributed by atoms with E-state index in [0.29, 0.717) is 22.8 Å². The van der Waals surface area contributed by atoms with Crippen molar-refractivity contribution in [2.45, 2.75) is 13.5 Å². The van der Waals surface area contributed by atoms with Crippen LogP contribution in [-0.2, 0) is 6.61 Å². The topological polar surface area (TPSA) is 70.3 Å². The number of ether oxygens (including phenoxy) is 1. The average Bonchev–Trinajstić information content (AvgIpc) is 2.79. The van der Waals surface area contributed by atoms with Crippen LogP contribution in [0.5, 0.6) is 5.75 Å². The number of hydrogen-bond acceptors (Lipinski definition) is 4. The molecular weight excluding hydrogens is 262 g/mol. The molecule has 0 spiro atoms. The standard InChI is InChI=1S/C14H11NO3S/c1-9-11(6-13(19-9)14(16)17)8-18-12-4-2-10(7-15)3-5-12/h2-6H,8H2,1H3,(H,16,17). The Kier molecular flexibility index (Phi) is 3.83. The van der Waals surface area contributed by atoms with Gasteiger partial charge in [0.1, 0.15) is 17.2 Å². The Bertz CT molecular complexity index is 638. The zero-order chi connectivity index (χ0) is 13.8. The summed E-state index contributed by atoms with van der Waals surface area (Å²) in [4.78, 5) is 12.1. The molecule has 0 atom stereocenters. The molecule has 1 N–H and O–H groups in total. The lowest BCUT2D eigenvalue weighted by Gasteiger charge is -2.05. The largest absolute Gasteiger partial charge is 0.489 e. The Balaban J connectivity index is 2.05. The number of carboxylic acid groups (broad SMARTS) is 1. The van der Waals surface area contributed by atoms with E-state index in [0.717, 1.165) is 10.4 Å². The van der Waals surface area contributed by atoms with Gasteiger partial charge in [-0.05, 0) is 37.3 Å². The van der Waals surface area contributed by atoms with E-state index in [9.17, 15) is 4.79 Å². The third kappa shape index (κ3) is 3.12. The average molecular weight is 273 g/mol. The predicted molar refractivity (Wildman–Crippen MR) is 71.5 cm³/mol. The first kappa shape index (κ1) is 13.1. The second kappa shape index (κ2) is 5.55. The van der Waals surface area contributed by atoms with Crippen molar-refractivity contribution < 1.29 is 14.6 Å². The first-order chi connectivity index (χ1) is 9.10. The summed E-state index contributed by atoms with van der Waals surface area (Å²) in [5, 5.41) is 17.6. The highest BCUT2D eigenvalue weighted by Crippen LogP contribution is 2.23. The quantitative estimate of drug-likeness (QED) is 0.928. The second-order valence-electron chi connectivity index (χ2n) is 3.92. The minimum Gasteiger partial charge on any atom is -0.489 e. The van der Waals surface area contributed by atoms with Crippen LogP contribution in [0.1, 0.15) is 25.7 Å². The number of carbonyl (C=O) groups is 1. The number of aryl methyl sites for hydroxylation is 1. The van der Waals surface area contributed by atoms with Crippen molar-refractivity contribution in [3.05, 3.63) is 51.2 Å². The smallest absolute Gasteiger partial charge is 0.345 e. The molecule has 0 saturated heterocycles. The van der Waals surface area contributed by atoms with E-state index in [1.54, 1.807) is 30.3 Å². The summed E-state index contributed by atoms with van der Waals surface area (Å²) in [5.74, 6) is -0.265. The van der Waals surface area contributed by atoms with E-state index in [-0.39, 0.29) is 0 Å². The number of rotatable bonds is 4. The van der Waals surface area contributed by atoms with Gasteiger partial charge in [0, 0.05) is 10.4 Å². The van der Waals surface area contributed by atoms with Crippen LogP contribution in [0.25, 0.3) is 0 Å². The zero-order valence-electron chi connectivity index (χ0n) is 10.2. The number of carboxylic acids is 1. The van der Waals surface area contributed by atoms with Crippen LogP contribution in [0.15, 0.2) is 30.3 Å². The summed E-state index contributed by atoms with van der Waals surface area (Å²) < 4.78 is 5.57. The Hall–Kier alpha value is -2.32. The highest BCUT2D eigenvalue weighted by molar-refractivity contribution is 7.14. The monoisotopic (exact) mass is 273 g/mol. The molecule has 0 aliphatic rings. The van der Waals surface area contributed by atoms with Gasteiger partial charge in [0.2, 0.25) is 0 Å². The first-order valence-electron chi connectivity index (χ1n) is 5.55. The molecule has 0 unspecified atom stereocenters. The lowest BCUT2D eigenvalue weighted by atomic mass is 10.2. The number of benzene rings is 1. The van der Waals surface area contributed by atoms with Gasteiger partial charge in [0.05, 0.1) is 11.6 Å². The predicted octanol–water partition coefficient (Wildman–Crippen LogP) is 3.21. The number of thiophene rings is 1. The summed E-state index contributed by atoms with van der Waals surface area (Å²) in [6.07, 6.45) is 0. The SMILES string of the molecule is Cc1sc(C(=O)O)cc1COc1ccc(C#N)cc1. The lowest BCUT2D eigenvalue weighted by Crippen LogP contribution is -1.96. The minimum atomic E-state index is -0.919. The molecular formula is C14H11NO3S. The normalized spacial score (nSPS) is 9.89. The summed E-state index contributed by atoms with van der Waals surface area (Å²) in [6, 6.07) is 10.5. The van der Waals surface area contributed by atoms with Crippen LogP contribution in [0, 0.1) is 18.3 Å². The molecule has 1 aromatic carbocycles. The van der Waals surface area contributed by atoms with Crippen LogP contribution in [-0.4, -0.2) is 11.1 Å². The Labute approximate surface area is 114 Å². The van der Waals surface area contributed by atoms with Gasteiger partial charge in [0.25, 0.3) is 0 Å². The molecule has 5 heteroatoms. The van der Waals surface area contributed by atoms with Gasteiger partial charge in [-0.3, -0.25) is 0 Å². The fourth-order valence-corrected chi connectivity index (χ4v) is 2.42. The number of hydrogen-bond donors (Lipinski definition) is 1. The molecule has 19 heavy (non-hydrogen) atoms. The summed E-state index contributed by atoms with van der Waals surface area (Å²) in [6.45, 7) is 2.19. The van der Waals surface area contributed by atoms with E-state index in [4.69, 9.17) is 15.1 Å². The molecule has 0 saturated carbocycles. The molecule has 0 aliphatic heterocycles. The molecule has 0 bridgehead atoms. The molecule has 1 aromatic heterocycles. The molecule has 1 heterocycles. The van der Waals surface area contributed by atoms with E-state index in [1.165, 1.54) is 11.3 Å². The van der Waals surface area contributed by atoms with Crippen molar-refractivity contribution >= 4 is 17.3 Å². The molecule has 0 amide bonds. The maximum Gasteiger partial charge on any atom is 0.345 e. The van der Waals surface area contributed by atoms with E-state index < -0.39 is 5.97 Å². The first-order valence-corrected chi connectivity index (χ1v) is 6.37. The maximum absolute atomic E-state index is 10.9. The highest BCUT2D eigenvalue weighted by atomic mass is 32.1. The second-order valence-corrected chi connectivity index (χ2v) is 5.18. The van der Waals surface area contributed by atoms with E-state index in [1.807, 2.05) is 13.0 Å². The Morgan fingerprint density at radius 1 is 1.42 bits per heavy atom. The van der Waals surface area contributed by atoms with Gasteiger partial charge >= 0.3 is 5.97 Å².